The lowest BCUT2D eigenvalue weighted by atomic mass is 10.3. The van der Waals surface area contributed by atoms with Crippen LogP contribution in [0, 0.1) is 10.1 Å². The lowest BCUT2D eigenvalue weighted by molar-refractivity contribution is -0.388. The number of rotatable bonds is 6. The number of hydrogen-bond acceptors (Lipinski definition) is 6. The second-order valence-corrected chi connectivity index (χ2v) is 8.83. The Morgan fingerprint density at radius 1 is 1.12 bits per heavy atom. The van der Waals surface area contributed by atoms with Crippen LogP contribution in [0.5, 0.6) is 5.75 Å². The fourth-order valence-corrected chi connectivity index (χ4v) is 5.17. The van der Waals surface area contributed by atoms with E-state index in [1.54, 1.807) is 31.4 Å². The van der Waals surface area contributed by atoms with Gasteiger partial charge in [-0.3, -0.25) is 10.1 Å². The number of nitro benzene ring substituents is 1. The molecule has 0 atom stereocenters. The van der Waals surface area contributed by atoms with Crippen molar-refractivity contribution >= 4 is 27.5 Å². The summed E-state index contributed by atoms with van der Waals surface area (Å²) in [5.41, 5.74) is -0.217. The molecule has 0 saturated carbocycles. The standard InChI is InChI=1S/C17H18N2O5S2/c1-24-13-4-6-14(7-5-13)25-17-9-8-15(12-16(17)19(20)21)26(22,23)18-10-2-3-11-18/h4-9,12H,2-3,10-11H2,1H3. The molecule has 0 radical (unpaired) electrons. The van der Waals surface area contributed by atoms with Gasteiger partial charge in [-0.05, 0) is 49.2 Å². The van der Waals surface area contributed by atoms with Gasteiger partial charge in [0.15, 0.2) is 0 Å². The maximum absolute atomic E-state index is 12.6. The summed E-state index contributed by atoms with van der Waals surface area (Å²) in [6.07, 6.45) is 1.62. The van der Waals surface area contributed by atoms with Gasteiger partial charge in [0, 0.05) is 24.1 Å². The minimum atomic E-state index is -3.69. The third-order valence-corrected chi connectivity index (χ3v) is 7.08. The molecule has 1 fully saturated rings. The van der Waals surface area contributed by atoms with Gasteiger partial charge in [0.2, 0.25) is 10.0 Å². The summed E-state index contributed by atoms with van der Waals surface area (Å²) < 4.78 is 31.7. The molecule has 1 aliphatic rings. The minimum Gasteiger partial charge on any atom is -0.497 e. The molecule has 138 valence electrons. The summed E-state index contributed by atoms with van der Waals surface area (Å²) in [6, 6.07) is 11.2. The number of ether oxygens (including phenoxy) is 1. The number of hydrogen-bond donors (Lipinski definition) is 0. The average Bonchev–Trinajstić information content (AvgIpc) is 3.18. The van der Waals surface area contributed by atoms with Crippen LogP contribution in [0.4, 0.5) is 5.69 Å². The maximum atomic E-state index is 12.6. The number of sulfonamides is 1. The number of nitro groups is 1. The Balaban J connectivity index is 1.92. The molecule has 0 unspecified atom stereocenters. The van der Waals surface area contributed by atoms with Crippen molar-refractivity contribution in [1.29, 1.82) is 0 Å². The third-order valence-electron chi connectivity index (χ3n) is 4.12. The van der Waals surface area contributed by atoms with E-state index in [0.29, 0.717) is 23.7 Å². The second kappa shape index (κ2) is 7.65. The number of nitrogens with zero attached hydrogens (tertiary/aromatic N) is 2. The summed E-state index contributed by atoms with van der Waals surface area (Å²) in [6.45, 7) is 0.914. The molecule has 3 rings (SSSR count). The lowest BCUT2D eigenvalue weighted by Crippen LogP contribution is -2.27. The van der Waals surface area contributed by atoms with Gasteiger partial charge in [-0.2, -0.15) is 4.31 Å². The van der Waals surface area contributed by atoms with E-state index in [2.05, 4.69) is 0 Å². The van der Waals surface area contributed by atoms with E-state index >= 15 is 0 Å². The zero-order valence-corrected chi connectivity index (χ0v) is 15.8. The summed E-state index contributed by atoms with van der Waals surface area (Å²) >= 11 is 1.21. The van der Waals surface area contributed by atoms with Gasteiger partial charge < -0.3 is 4.74 Å². The maximum Gasteiger partial charge on any atom is 0.284 e. The van der Waals surface area contributed by atoms with E-state index in [4.69, 9.17) is 4.74 Å². The lowest BCUT2D eigenvalue weighted by Gasteiger charge is -2.15. The molecule has 2 aromatic rings. The van der Waals surface area contributed by atoms with Crippen LogP contribution in [0.3, 0.4) is 0 Å². The third kappa shape index (κ3) is 3.84. The smallest absolute Gasteiger partial charge is 0.284 e. The van der Waals surface area contributed by atoms with Crippen molar-refractivity contribution in [3.8, 4) is 5.75 Å². The van der Waals surface area contributed by atoms with Crippen molar-refractivity contribution in [2.45, 2.75) is 27.5 Å². The summed E-state index contributed by atoms with van der Waals surface area (Å²) in [5, 5.41) is 11.5. The van der Waals surface area contributed by atoms with Gasteiger partial charge in [0.25, 0.3) is 5.69 Å². The zero-order chi connectivity index (χ0) is 18.7. The zero-order valence-electron chi connectivity index (χ0n) is 14.1. The number of methoxy groups -OCH3 is 1. The Morgan fingerprint density at radius 2 is 1.77 bits per heavy atom. The van der Waals surface area contributed by atoms with Crippen molar-refractivity contribution < 1.29 is 18.1 Å². The van der Waals surface area contributed by atoms with Crippen LogP contribution in [0.1, 0.15) is 12.8 Å². The fraction of sp³-hybridized carbons (Fsp3) is 0.294. The van der Waals surface area contributed by atoms with Crippen LogP contribution in [-0.2, 0) is 10.0 Å². The summed E-state index contributed by atoms with van der Waals surface area (Å²) in [4.78, 5) is 12.1. The van der Waals surface area contributed by atoms with Gasteiger partial charge in [-0.15, -0.1) is 0 Å². The predicted molar refractivity (Wildman–Crippen MR) is 98.2 cm³/mol. The van der Waals surface area contributed by atoms with Gasteiger partial charge in [-0.1, -0.05) is 11.8 Å². The average molecular weight is 394 g/mol. The van der Waals surface area contributed by atoms with Crippen molar-refractivity contribution in [3.63, 3.8) is 0 Å². The molecule has 0 amide bonds. The molecule has 0 aromatic heterocycles. The first kappa shape index (κ1) is 18.7. The van der Waals surface area contributed by atoms with Gasteiger partial charge in [0.1, 0.15) is 5.75 Å². The van der Waals surface area contributed by atoms with E-state index in [1.165, 1.54) is 28.2 Å². The van der Waals surface area contributed by atoms with E-state index in [-0.39, 0.29) is 10.6 Å². The van der Waals surface area contributed by atoms with Crippen LogP contribution in [0.15, 0.2) is 57.2 Å². The van der Waals surface area contributed by atoms with Crippen LogP contribution < -0.4 is 4.74 Å². The highest BCUT2D eigenvalue weighted by Crippen LogP contribution is 2.37. The van der Waals surface area contributed by atoms with Crippen LogP contribution in [0.2, 0.25) is 0 Å². The SMILES string of the molecule is COc1ccc(Sc2ccc(S(=O)(=O)N3CCCC3)cc2[N+](=O)[O-])cc1. The van der Waals surface area contributed by atoms with Crippen molar-refractivity contribution in [1.82, 2.24) is 4.31 Å². The highest BCUT2D eigenvalue weighted by molar-refractivity contribution is 7.99. The predicted octanol–water partition coefficient (Wildman–Crippen LogP) is 3.54. The Bertz CT molecular complexity index is 907. The quantitative estimate of drug-likeness (QED) is 0.550. The largest absolute Gasteiger partial charge is 0.497 e. The molecular formula is C17H18N2O5S2. The normalized spacial score (nSPS) is 15.1. The highest BCUT2D eigenvalue weighted by atomic mass is 32.2. The van der Waals surface area contributed by atoms with Crippen molar-refractivity contribution in [2.75, 3.05) is 20.2 Å². The first-order valence-electron chi connectivity index (χ1n) is 8.02. The van der Waals surface area contributed by atoms with Crippen LogP contribution in [0.25, 0.3) is 0 Å². The van der Waals surface area contributed by atoms with Crippen molar-refractivity contribution in [2.24, 2.45) is 0 Å². The molecule has 2 aromatic carbocycles. The Kier molecular flexibility index (Phi) is 5.49. The topological polar surface area (TPSA) is 89.8 Å². The Labute approximate surface area is 156 Å². The Hall–Kier alpha value is -2.10. The van der Waals surface area contributed by atoms with Crippen LogP contribution in [-0.4, -0.2) is 37.8 Å². The van der Waals surface area contributed by atoms with E-state index < -0.39 is 14.9 Å². The summed E-state index contributed by atoms with van der Waals surface area (Å²) in [7, 11) is -2.13. The molecular weight excluding hydrogens is 376 g/mol. The second-order valence-electron chi connectivity index (χ2n) is 5.78. The first-order chi connectivity index (χ1) is 12.4. The molecule has 9 heteroatoms. The van der Waals surface area contributed by atoms with Gasteiger partial charge in [-0.25, -0.2) is 8.42 Å². The molecule has 1 heterocycles. The highest BCUT2D eigenvalue weighted by Gasteiger charge is 2.29. The molecule has 1 aliphatic heterocycles. The van der Waals surface area contributed by atoms with Gasteiger partial charge >= 0.3 is 0 Å². The van der Waals surface area contributed by atoms with E-state index in [1.807, 2.05) is 0 Å². The van der Waals surface area contributed by atoms with E-state index in [0.717, 1.165) is 23.8 Å². The molecule has 0 bridgehead atoms. The molecule has 7 nitrogen and oxygen atoms in total. The molecule has 1 saturated heterocycles. The van der Waals surface area contributed by atoms with Crippen LogP contribution >= 0.6 is 11.8 Å². The monoisotopic (exact) mass is 394 g/mol. The first-order valence-corrected chi connectivity index (χ1v) is 10.3. The summed E-state index contributed by atoms with van der Waals surface area (Å²) in [5.74, 6) is 0.691. The molecule has 0 N–H and O–H groups in total. The molecule has 26 heavy (non-hydrogen) atoms. The minimum absolute atomic E-state index is 0.0369. The van der Waals surface area contributed by atoms with Gasteiger partial charge in [0.05, 0.1) is 21.8 Å². The number of benzene rings is 2. The Morgan fingerprint density at radius 3 is 2.35 bits per heavy atom. The molecule has 0 spiro atoms. The van der Waals surface area contributed by atoms with Crippen molar-refractivity contribution in [3.05, 3.63) is 52.6 Å². The fourth-order valence-electron chi connectivity index (χ4n) is 2.73. The molecule has 0 aliphatic carbocycles. The van der Waals surface area contributed by atoms with E-state index in [9.17, 15) is 18.5 Å².